The van der Waals surface area contributed by atoms with Crippen LogP contribution in [0.1, 0.15) is 21.5 Å². The van der Waals surface area contributed by atoms with E-state index >= 15 is 0 Å². The zero-order valence-electron chi connectivity index (χ0n) is 12.8. The fourth-order valence-electron chi connectivity index (χ4n) is 2.30. The standard InChI is InChI=1S/C17H14ClFN4O/c1-11-8-21-23(10-12-3-2-4-13(18)7-12)16(11)22-17(24)14-5-6-20-9-15(14)19/h2-9H,10H2,1H3,(H,22,24). The molecule has 0 fully saturated rings. The summed E-state index contributed by atoms with van der Waals surface area (Å²) in [5, 5.41) is 7.60. The molecule has 1 aromatic carbocycles. The van der Waals surface area contributed by atoms with E-state index in [0.29, 0.717) is 17.4 Å². The van der Waals surface area contributed by atoms with Crippen molar-refractivity contribution in [1.82, 2.24) is 14.8 Å². The summed E-state index contributed by atoms with van der Waals surface area (Å²) in [4.78, 5) is 15.9. The lowest BCUT2D eigenvalue weighted by Gasteiger charge is -2.11. The van der Waals surface area contributed by atoms with Gasteiger partial charge in [0.2, 0.25) is 0 Å². The highest BCUT2D eigenvalue weighted by Crippen LogP contribution is 2.19. The first-order valence-corrected chi connectivity index (χ1v) is 7.60. The molecule has 2 aromatic heterocycles. The van der Waals surface area contributed by atoms with Crippen LogP contribution in [0.2, 0.25) is 5.02 Å². The van der Waals surface area contributed by atoms with Crippen molar-refractivity contribution in [3.63, 3.8) is 0 Å². The Morgan fingerprint density at radius 3 is 2.92 bits per heavy atom. The highest BCUT2D eigenvalue weighted by Gasteiger charge is 2.16. The number of pyridine rings is 1. The van der Waals surface area contributed by atoms with Crippen LogP contribution in [0.5, 0.6) is 0 Å². The molecule has 0 radical (unpaired) electrons. The number of aryl methyl sites for hydroxylation is 1. The summed E-state index contributed by atoms with van der Waals surface area (Å²) in [5.41, 5.74) is 1.65. The van der Waals surface area contributed by atoms with Gasteiger partial charge in [0.05, 0.1) is 24.5 Å². The van der Waals surface area contributed by atoms with E-state index in [1.165, 1.54) is 12.3 Å². The van der Waals surface area contributed by atoms with E-state index in [1.807, 2.05) is 25.1 Å². The first kappa shape index (κ1) is 16.1. The number of hydrogen-bond donors (Lipinski definition) is 1. The summed E-state index contributed by atoms with van der Waals surface area (Å²) in [6.45, 7) is 2.25. The van der Waals surface area contributed by atoms with Gasteiger partial charge in [0.25, 0.3) is 5.91 Å². The van der Waals surface area contributed by atoms with E-state index in [-0.39, 0.29) is 5.56 Å². The van der Waals surface area contributed by atoms with Crippen LogP contribution in [0.25, 0.3) is 0 Å². The third kappa shape index (κ3) is 3.44. The van der Waals surface area contributed by atoms with Crippen LogP contribution in [0.15, 0.2) is 48.9 Å². The number of nitrogens with one attached hydrogen (secondary N) is 1. The van der Waals surface area contributed by atoms with Gasteiger partial charge >= 0.3 is 0 Å². The molecule has 0 aliphatic rings. The number of rotatable bonds is 4. The Labute approximate surface area is 143 Å². The number of carbonyl (C=O) groups is 1. The smallest absolute Gasteiger partial charge is 0.259 e. The molecule has 0 saturated heterocycles. The number of amides is 1. The van der Waals surface area contributed by atoms with E-state index in [4.69, 9.17) is 11.6 Å². The molecule has 1 amide bonds. The van der Waals surface area contributed by atoms with Crippen LogP contribution < -0.4 is 5.32 Å². The monoisotopic (exact) mass is 344 g/mol. The summed E-state index contributed by atoms with van der Waals surface area (Å²) >= 11 is 5.99. The molecule has 0 spiro atoms. The first-order chi connectivity index (χ1) is 11.5. The first-order valence-electron chi connectivity index (χ1n) is 7.22. The van der Waals surface area contributed by atoms with Crippen molar-refractivity contribution < 1.29 is 9.18 Å². The van der Waals surface area contributed by atoms with Crippen LogP contribution in [0.4, 0.5) is 10.2 Å². The van der Waals surface area contributed by atoms with Gasteiger partial charge in [0.1, 0.15) is 5.82 Å². The Balaban J connectivity index is 1.85. The molecule has 24 heavy (non-hydrogen) atoms. The molecule has 0 atom stereocenters. The van der Waals surface area contributed by atoms with Crippen molar-refractivity contribution in [2.45, 2.75) is 13.5 Å². The summed E-state index contributed by atoms with van der Waals surface area (Å²) in [6.07, 6.45) is 4.02. The third-order valence-electron chi connectivity index (χ3n) is 3.49. The maximum absolute atomic E-state index is 13.7. The number of halogens is 2. The predicted molar refractivity (Wildman–Crippen MR) is 89.7 cm³/mol. The van der Waals surface area contributed by atoms with Gasteiger partial charge in [-0.15, -0.1) is 0 Å². The zero-order valence-corrected chi connectivity index (χ0v) is 13.6. The lowest BCUT2D eigenvalue weighted by atomic mass is 10.2. The summed E-state index contributed by atoms with van der Waals surface area (Å²) in [5.74, 6) is -0.712. The van der Waals surface area contributed by atoms with Gasteiger partial charge in [-0.3, -0.25) is 9.78 Å². The highest BCUT2D eigenvalue weighted by atomic mass is 35.5. The second kappa shape index (κ2) is 6.80. The largest absolute Gasteiger partial charge is 0.306 e. The molecule has 1 N–H and O–H groups in total. The van der Waals surface area contributed by atoms with Crippen molar-refractivity contribution in [3.8, 4) is 0 Å². The minimum Gasteiger partial charge on any atom is -0.306 e. The average Bonchev–Trinajstić information content (AvgIpc) is 2.88. The number of hydrogen-bond acceptors (Lipinski definition) is 3. The lowest BCUT2D eigenvalue weighted by Crippen LogP contribution is -2.18. The number of aromatic nitrogens is 3. The molecule has 2 heterocycles. The van der Waals surface area contributed by atoms with Gasteiger partial charge in [-0.2, -0.15) is 5.10 Å². The summed E-state index contributed by atoms with van der Waals surface area (Å²) in [7, 11) is 0. The van der Waals surface area contributed by atoms with Crippen molar-refractivity contribution in [3.05, 3.63) is 76.5 Å². The number of benzene rings is 1. The molecule has 3 rings (SSSR count). The maximum atomic E-state index is 13.7. The van der Waals surface area contributed by atoms with Gasteiger partial charge in [-0.25, -0.2) is 9.07 Å². The second-order valence-electron chi connectivity index (χ2n) is 5.27. The van der Waals surface area contributed by atoms with Crippen molar-refractivity contribution in [1.29, 1.82) is 0 Å². The molecule has 5 nitrogen and oxygen atoms in total. The molecule has 122 valence electrons. The zero-order chi connectivity index (χ0) is 17.1. The number of nitrogens with zero attached hydrogens (tertiary/aromatic N) is 3. The van der Waals surface area contributed by atoms with Crippen LogP contribution >= 0.6 is 11.6 Å². The second-order valence-corrected chi connectivity index (χ2v) is 5.71. The van der Waals surface area contributed by atoms with Gasteiger partial charge in [0, 0.05) is 16.8 Å². The van der Waals surface area contributed by atoms with Gasteiger partial charge < -0.3 is 5.32 Å². The Hall–Kier alpha value is -2.73. The number of anilines is 1. The van der Waals surface area contributed by atoms with Crippen molar-refractivity contribution in [2.75, 3.05) is 5.32 Å². The van der Waals surface area contributed by atoms with E-state index < -0.39 is 11.7 Å². The SMILES string of the molecule is Cc1cnn(Cc2cccc(Cl)c2)c1NC(=O)c1ccncc1F. The van der Waals surface area contributed by atoms with Crippen LogP contribution in [0.3, 0.4) is 0 Å². The fraction of sp³-hybridized carbons (Fsp3) is 0.118. The van der Waals surface area contributed by atoms with Gasteiger partial charge in [-0.1, -0.05) is 23.7 Å². The predicted octanol–water partition coefficient (Wildman–Crippen LogP) is 3.68. The van der Waals surface area contributed by atoms with E-state index in [0.717, 1.165) is 17.3 Å². The van der Waals surface area contributed by atoms with Crippen molar-refractivity contribution >= 4 is 23.3 Å². The Morgan fingerprint density at radius 2 is 2.17 bits per heavy atom. The fourth-order valence-corrected chi connectivity index (χ4v) is 2.52. The minimum absolute atomic E-state index is 0.0695. The highest BCUT2D eigenvalue weighted by molar-refractivity contribution is 6.30. The van der Waals surface area contributed by atoms with E-state index in [9.17, 15) is 9.18 Å². The van der Waals surface area contributed by atoms with E-state index in [2.05, 4.69) is 15.4 Å². The minimum atomic E-state index is -0.673. The summed E-state index contributed by atoms with van der Waals surface area (Å²) < 4.78 is 15.3. The third-order valence-corrected chi connectivity index (χ3v) is 3.73. The molecular formula is C17H14ClFN4O. The lowest BCUT2D eigenvalue weighted by molar-refractivity contribution is 0.102. The quantitative estimate of drug-likeness (QED) is 0.785. The Kier molecular flexibility index (Phi) is 4.57. The van der Waals surface area contributed by atoms with Gasteiger partial charge in [-0.05, 0) is 30.7 Å². The molecule has 0 aliphatic carbocycles. The molecule has 7 heteroatoms. The number of carbonyl (C=O) groups excluding carboxylic acids is 1. The van der Waals surface area contributed by atoms with Crippen molar-refractivity contribution in [2.24, 2.45) is 0 Å². The van der Waals surface area contributed by atoms with Crippen LogP contribution in [0, 0.1) is 12.7 Å². The van der Waals surface area contributed by atoms with E-state index in [1.54, 1.807) is 16.9 Å². The summed E-state index contributed by atoms with van der Waals surface area (Å²) in [6, 6.07) is 8.70. The molecule has 0 bridgehead atoms. The van der Waals surface area contributed by atoms with Crippen LogP contribution in [-0.2, 0) is 6.54 Å². The maximum Gasteiger partial charge on any atom is 0.259 e. The molecule has 0 unspecified atom stereocenters. The van der Waals surface area contributed by atoms with Crippen LogP contribution in [-0.4, -0.2) is 20.7 Å². The van der Waals surface area contributed by atoms with Gasteiger partial charge in [0.15, 0.2) is 5.82 Å². The Morgan fingerprint density at radius 1 is 1.33 bits per heavy atom. The molecule has 3 aromatic rings. The molecular weight excluding hydrogens is 331 g/mol. The molecule has 0 saturated carbocycles. The average molecular weight is 345 g/mol. The normalized spacial score (nSPS) is 10.6. The topological polar surface area (TPSA) is 59.8 Å². The Bertz CT molecular complexity index is 894. The molecule has 0 aliphatic heterocycles.